The molecule has 112 valence electrons. The minimum Gasteiger partial charge on any atom is -0.310 e. The number of hydrogen-bond acceptors (Lipinski definition) is 1. The number of rotatable bonds is 5. The highest BCUT2D eigenvalue weighted by Gasteiger charge is 2.30. The Morgan fingerprint density at radius 1 is 1.20 bits per heavy atom. The van der Waals surface area contributed by atoms with Gasteiger partial charge >= 0.3 is 0 Å². The van der Waals surface area contributed by atoms with Gasteiger partial charge in [-0.25, -0.2) is 0 Å². The number of hydrogen-bond donors (Lipinski definition) is 1. The van der Waals surface area contributed by atoms with Gasteiger partial charge in [0.2, 0.25) is 0 Å². The maximum Gasteiger partial charge on any atom is 0.0468 e. The Morgan fingerprint density at radius 2 is 1.90 bits per heavy atom. The topological polar surface area (TPSA) is 12.0 Å². The van der Waals surface area contributed by atoms with Crippen LogP contribution in [0, 0.1) is 11.8 Å². The highest BCUT2D eigenvalue weighted by atomic mass is 35.5. The van der Waals surface area contributed by atoms with Crippen LogP contribution in [0.5, 0.6) is 0 Å². The summed E-state index contributed by atoms with van der Waals surface area (Å²) in [4.78, 5) is 0. The van der Waals surface area contributed by atoms with Gasteiger partial charge in [-0.3, -0.25) is 0 Å². The van der Waals surface area contributed by atoms with E-state index in [1.54, 1.807) is 0 Å². The zero-order valence-corrected chi connectivity index (χ0v) is 14.0. The summed E-state index contributed by atoms with van der Waals surface area (Å²) < 4.78 is 0. The first-order valence-electron chi connectivity index (χ1n) is 7.84. The summed E-state index contributed by atoms with van der Waals surface area (Å²) in [6.07, 6.45) is 6.55. The quantitative estimate of drug-likeness (QED) is 0.717. The van der Waals surface area contributed by atoms with Crippen LogP contribution >= 0.6 is 23.2 Å². The first-order chi connectivity index (χ1) is 9.67. The van der Waals surface area contributed by atoms with E-state index < -0.39 is 0 Å². The predicted molar refractivity (Wildman–Crippen MR) is 88.6 cm³/mol. The second-order valence-electron chi connectivity index (χ2n) is 5.87. The largest absolute Gasteiger partial charge is 0.310 e. The molecule has 2 rings (SSSR count). The molecular weight excluding hydrogens is 289 g/mol. The van der Waals surface area contributed by atoms with Crippen LogP contribution in [0.3, 0.4) is 0 Å². The van der Waals surface area contributed by atoms with Gasteiger partial charge < -0.3 is 5.32 Å². The molecule has 1 saturated carbocycles. The zero-order chi connectivity index (χ0) is 14.5. The Bertz CT molecular complexity index is 413. The zero-order valence-electron chi connectivity index (χ0n) is 12.5. The number of benzene rings is 1. The molecule has 0 spiro atoms. The summed E-state index contributed by atoms with van der Waals surface area (Å²) >= 11 is 12.9. The molecule has 0 amide bonds. The van der Waals surface area contributed by atoms with Crippen molar-refractivity contribution in [3.8, 4) is 0 Å². The van der Waals surface area contributed by atoms with Gasteiger partial charge in [-0.1, -0.05) is 62.4 Å². The molecule has 1 aliphatic rings. The summed E-state index contributed by atoms with van der Waals surface area (Å²) in [5.41, 5.74) is 1.10. The van der Waals surface area contributed by atoms with Crippen LogP contribution in [0.25, 0.3) is 0 Å². The van der Waals surface area contributed by atoms with Gasteiger partial charge in [-0.2, -0.15) is 0 Å². The third-order valence-electron chi connectivity index (χ3n) is 4.61. The van der Waals surface area contributed by atoms with Crippen LogP contribution in [-0.4, -0.2) is 6.54 Å². The van der Waals surface area contributed by atoms with Gasteiger partial charge in [0.25, 0.3) is 0 Å². The molecule has 0 radical (unpaired) electrons. The van der Waals surface area contributed by atoms with Crippen molar-refractivity contribution in [2.24, 2.45) is 11.8 Å². The lowest BCUT2D eigenvalue weighted by atomic mass is 9.75. The van der Waals surface area contributed by atoms with Gasteiger partial charge in [0.05, 0.1) is 0 Å². The molecule has 3 unspecified atom stereocenters. The van der Waals surface area contributed by atoms with E-state index in [0.717, 1.165) is 28.1 Å². The molecule has 1 N–H and O–H groups in total. The Labute approximate surface area is 133 Å². The normalized spacial score (nSPS) is 24.6. The van der Waals surface area contributed by atoms with E-state index in [4.69, 9.17) is 23.2 Å². The van der Waals surface area contributed by atoms with E-state index in [1.165, 1.54) is 32.1 Å². The molecule has 0 saturated heterocycles. The third kappa shape index (κ3) is 3.69. The fourth-order valence-electron chi connectivity index (χ4n) is 3.54. The molecule has 1 aromatic carbocycles. The van der Waals surface area contributed by atoms with E-state index in [9.17, 15) is 0 Å². The summed E-state index contributed by atoms with van der Waals surface area (Å²) in [7, 11) is 0. The van der Waals surface area contributed by atoms with E-state index >= 15 is 0 Å². The van der Waals surface area contributed by atoms with Crippen LogP contribution in [-0.2, 0) is 0 Å². The molecule has 3 heteroatoms. The Kier molecular flexibility index (Phi) is 6.20. The van der Waals surface area contributed by atoms with Crippen molar-refractivity contribution in [1.82, 2.24) is 5.32 Å². The fraction of sp³-hybridized carbons (Fsp3) is 0.647. The molecule has 3 atom stereocenters. The fourth-order valence-corrected chi connectivity index (χ4v) is 4.17. The number of nitrogens with one attached hydrogen (secondary N) is 1. The maximum absolute atomic E-state index is 6.43. The number of halogens is 2. The van der Waals surface area contributed by atoms with Crippen molar-refractivity contribution in [1.29, 1.82) is 0 Å². The Balaban J connectivity index is 2.26. The predicted octanol–water partition coefficient (Wildman–Crippen LogP) is 5.86. The van der Waals surface area contributed by atoms with Crippen molar-refractivity contribution in [3.05, 3.63) is 33.8 Å². The lowest BCUT2D eigenvalue weighted by molar-refractivity contribution is 0.211. The standard InChI is InChI=1S/C17H25Cl2N/c1-3-12-7-5-8-13(11-12)17(20-4-2)16-14(18)9-6-10-15(16)19/h6,9-10,12-13,17,20H,3-5,7-8,11H2,1-2H3. The lowest BCUT2D eigenvalue weighted by Gasteiger charge is -2.35. The van der Waals surface area contributed by atoms with Crippen LogP contribution in [0.1, 0.15) is 57.6 Å². The molecule has 1 aromatic rings. The maximum atomic E-state index is 6.43. The first kappa shape index (κ1) is 16.1. The summed E-state index contributed by atoms with van der Waals surface area (Å²) in [5.74, 6) is 1.50. The molecule has 1 fully saturated rings. The molecule has 1 nitrogen and oxygen atoms in total. The van der Waals surface area contributed by atoms with Crippen LogP contribution in [0.15, 0.2) is 18.2 Å². The SMILES string of the molecule is CCNC(c1c(Cl)cccc1Cl)C1CCCC(CC)C1. The monoisotopic (exact) mass is 313 g/mol. The van der Waals surface area contributed by atoms with Crippen molar-refractivity contribution < 1.29 is 0 Å². The van der Waals surface area contributed by atoms with E-state index in [-0.39, 0.29) is 6.04 Å². The van der Waals surface area contributed by atoms with Crippen molar-refractivity contribution in [3.63, 3.8) is 0 Å². The Hall–Kier alpha value is -0.240. The average molecular weight is 314 g/mol. The summed E-state index contributed by atoms with van der Waals surface area (Å²) in [6.45, 7) is 5.40. The molecule has 0 aromatic heterocycles. The molecule has 0 heterocycles. The third-order valence-corrected chi connectivity index (χ3v) is 5.27. The van der Waals surface area contributed by atoms with Gasteiger partial charge in [-0.15, -0.1) is 0 Å². The van der Waals surface area contributed by atoms with Crippen molar-refractivity contribution in [2.75, 3.05) is 6.54 Å². The van der Waals surface area contributed by atoms with Gasteiger partial charge in [0.15, 0.2) is 0 Å². The van der Waals surface area contributed by atoms with E-state index in [0.29, 0.717) is 5.92 Å². The van der Waals surface area contributed by atoms with Gasteiger partial charge in [-0.05, 0) is 43.4 Å². The van der Waals surface area contributed by atoms with Gasteiger partial charge in [0.1, 0.15) is 0 Å². The highest BCUT2D eigenvalue weighted by Crippen LogP contribution is 2.42. The lowest BCUT2D eigenvalue weighted by Crippen LogP contribution is -2.32. The van der Waals surface area contributed by atoms with E-state index in [1.807, 2.05) is 18.2 Å². The molecule has 0 bridgehead atoms. The van der Waals surface area contributed by atoms with Crippen molar-refractivity contribution in [2.45, 2.75) is 52.0 Å². The van der Waals surface area contributed by atoms with Crippen LogP contribution < -0.4 is 5.32 Å². The molecule has 20 heavy (non-hydrogen) atoms. The summed E-state index contributed by atoms with van der Waals surface area (Å²) in [5, 5.41) is 5.21. The highest BCUT2D eigenvalue weighted by molar-refractivity contribution is 6.36. The average Bonchev–Trinajstić information content (AvgIpc) is 2.46. The smallest absolute Gasteiger partial charge is 0.0468 e. The van der Waals surface area contributed by atoms with Crippen LogP contribution in [0.4, 0.5) is 0 Å². The second-order valence-corrected chi connectivity index (χ2v) is 6.69. The van der Waals surface area contributed by atoms with Crippen molar-refractivity contribution >= 4 is 23.2 Å². The van der Waals surface area contributed by atoms with E-state index in [2.05, 4.69) is 19.2 Å². The second kappa shape index (κ2) is 7.68. The minimum atomic E-state index is 0.288. The first-order valence-corrected chi connectivity index (χ1v) is 8.60. The summed E-state index contributed by atoms with van der Waals surface area (Å²) in [6, 6.07) is 6.11. The molecular formula is C17H25Cl2N. The molecule has 0 aliphatic heterocycles. The Morgan fingerprint density at radius 3 is 2.50 bits per heavy atom. The molecule has 1 aliphatic carbocycles. The van der Waals surface area contributed by atoms with Gasteiger partial charge in [0, 0.05) is 21.7 Å². The van der Waals surface area contributed by atoms with Crippen LogP contribution in [0.2, 0.25) is 10.0 Å². The minimum absolute atomic E-state index is 0.288.